The number of aldehydes is 1. The number of aromatic nitrogens is 4. The number of hydrogen-bond acceptors (Lipinski definition) is 10. The van der Waals surface area contributed by atoms with Gasteiger partial charge in [-0.3, -0.25) is 24.0 Å². The first-order valence-electron chi connectivity index (χ1n) is 15.9. The number of carboxylic acids is 1. The number of nitrogens with zero attached hydrogens (tertiary/aromatic N) is 2. The lowest BCUT2D eigenvalue weighted by Gasteiger charge is -2.26. The minimum Gasteiger partial charge on any atom is -0.481 e. The van der Waals surface area contributed by atoms with Crippen LogP contribution in [0, 0.1) is 0 Å². The van der Waals surface area contributed by atoms with Crippen molar-refractivity contribution in [3.63, 3.8) is 0 Å². The van der Waals surface area contributed by atoms with Gasteiger partial charge in [-0.05, 0) is 44.2 Å². The molecule has 2 heterocycles. The second kappa shape index (κ2) is 20.1. The normalized spacial score (nSPS) is 14.0. The molecule has 0 aliphatic carbocycles. The van der Waals surface area contributed by atoms with Gasteiger partial charge in [0.15, 0.2) is 0 Å². The molecule has 17 nitrogen and oxygen atoms in total. The Balaban J connectivity index is 1.76. The molecule has 0 saturated carbocycles. The van der Waals surface area contributed by atoms with Crippen molar-refractivity contribution in [2.24, 2.45) is 11.5 Å². The Kier molecular flexibility index (Phi) is 15.6. The number of carbonyl (C=O) groups excluding carboxylic acids is 5. The van der Waals surface area contributed by atoms with Crippen molar-refractivity contribution in [3.05, 3.63) is 72.3 Å². The van der Waals surface area contributed by atoms with E-state index in [-0.39, 0.29) is 32.1 Å². The summed E-state index contributed by atoms with van der Waals surface area (Å²) < 4.78 is 0. The Hall–Kier alpha value is -5.42. The third-order valence-electron chi connectivity index (χ3n) is 7.59. The first kappa shape index (κ1) is 38.0. The first-order chi connectivity index (χ1) is 23.6. The van der Waals surface area contributed by atoms with Crippen LogP contribution in [0.4, 0.5) is 0 Å². The Morgan fingerprint density at radius 2 is 1.33 bits per heavy atom. The lowest BCUT2D eigenvalue weighted by atomic mass is 10.0. The smallest absolute Gasteiger partial charge is 0.303 e. The molecule has 264 valence electrons. The van der Waals surface area contributed by atoms with Gasteiger partial charge in [0.2, 0.25) is 23.6 Å². The summed E-state index contributed by atoms with van der Waals surface area (Å²) in [5, 5.41) is 19.8. The molecule has 17 heteroatoms. The van der Waals surface area contributed by atoms with E-state index in [1.807, 2.05) is 30.3 Å². The molecule has 0 aliphatic rings. The monoisotopic (exact) mass is 680 g/mol. The Morgan fingerprint density at radius 3 is 1.90 bits per heavy atom. The average Bonchev–Trinajstić information content (AvgIpc) is 3.80. The number of hydrogen-bond donors (Lipinski definition) is 9. The Bertz CT molecular complexity index is 1480. The van der Waals surface area contributed by atoms with Crippen molar-refractivity contribution in [1.29, 1.82) is 0 Å². The summed E-state index contributed by atoms with van der Waals surface area (Å²) in [6.07, 6.45) is 7.01. The van der Waals surface area contributed by atoms with Crippen LogP contribution >= 0.6 is 0 Å². The second-order valence-corrected chi connectivity index (χ2v) is 11.5. The number of benzene rings is 1. The SMILES string of the molecule is NCCCC[C@H](NC(=O)[C@H](CCC(=O)O)NC(=O)[C@H](Cc1cnc[nH]1)NC(=O)[C@@H](N)Cc1ccccc1)C(=O)N[C@H](C=O)Cc1cnc[nH]1. The minimum atomic E-state index is -1.40. The number of nitrogens with one attached hydrogen (secondary N) is 6. The van der Waals surface area contributed by atoms with Crippen molar-refractivity contribution in [2.45, 2.75) is 81.6 Å². The van der Waals surface area contributed by atoms with Crippen molar-refractivity contribution < 1.29 is 33.9 Å². The number of rotatable bonds is 22. The fourth-order valence-electron chi connectivity index (χ4n) is 4.96. The van der Waals surface area contributed by atoms with Crippen molar-refractivity contribution in [1.82, 2.24) is 41.2 Å². The quantitative estimate of drug-likeness (QED) is 0.0440. The fourth-order valence-corrected chi connectivity index (χ4v) is 4.96. The molecule has 2 aromatic heterocycles. The molecule has 0 bridgehead atoms. The lowest BCUT2D eigenvalue weighted by Crippen LogP contribution is -2.58. The summed E-state index contributed by atoms with van der Waals surface area (Å²) in [6.45, 7) is 0.342. The van der Waals surface area contributed by atoms with Gasteiger partial charge in [0.25, 0.3) is 0 Å². The van der Waals surface area contributed by atoms with Crippen molar-refractivity contribution in [2.75, 3.05) is 6.54 Å². The number of aromatic amines is 2. The zero-order chi connectivity index (χ0) is 35.6. The summed E-state index contributed by atoms with van der Waals surface area (Å²) in [5.74, 6) is -4.10. The van der Waals surface area contributed by atoms with Crippen molar-refractivity contribution in [3.8, 4) is 0 Å². The number of carbonyl (C=O) groups is 6. The number of amides is 4. The highest BCUT2D eigenvalue weighted by molar-refractivity contribution is 5.95. The van der Waals surface area contributed by atoms with E-state index in [1.165, 1.54) is 25.0 Å². The number of carboxylic acid groups (broad SMARTS) is 1. The molecular weight excluding hydrogens is 636 g/mol. The van der Waals surface area contributed by atoms with Gasteiger partial charge >= 0.3 is 5.97 Å². The van der Waals surface area contributed by atoms with Gasteiger partial charge in [0, 0.05) is 43.0 Å². The zero-order valence-electron chi connectivity index (χ0n) is 27.0. The van der Waals surface area contributed by atoms with Gasteiger partial charge in [-0.1, -0.05) is 30.3 Å². The molecule has 0 spiro atoms. The molecule has 0 fully saturated rings. The third-order valence-corrected chi connectivity index (χ3v) is 7.59. The van der Waals surface area contributed by atoms with Crippen LogP contribution in [0.15, 0.2) is 55.4 Å². The van der Waals surface area contributed by atoms with Gasteiger partial charge in [-0.25, -0.2) is 9.97 Å². The maximum absolute atomic E-state index is 13.6. The summed E-state index contributed by atoms with van der Waals surface area (Å²) in [6, 6.07) is 3.39. The molecule has 0 aliphatic heterocycles. The molecule has 1 aromatic carbocycles. The Labute approximate surface area is 282 Å². The molecule has 49 heavy (non-hydrogen) atoms. The van der Waals surface area contributed by atoms with Crippen molar-refractivity contribution >= 4 is 35.9 Å². The number of unbranched alkanes of at least 4 members (excludes halogenated alkanes) is 1. The maximum atomic E-state index is 13.6. The molecule has 5 atom stereocenters. The van der Waals surface area contributed by atoms with Crippen LogP contribution in [0.2, 0.25) is 0 Å². The van der Waals surface area contributed by atoms with Gasteiger partial charge in [-0.15, -0.1) is 0 Å². The number of nitrogens with two attached hydrogens (primary N) is 2. The van der Waals surface area contributed by atoms with Crippen LogP contribution in [0.5, 0.6) is 0 Å². The maximum Gasteiger partial charge on any atom is 0.303 e. The molecule has 0 radical (unpaired) electrons. The molecule has 11 N–H and O–H groups in total. The van der Waals surface area contributed by atoms with E-state index >= 15 is 0 Å². The van der Waals surface area contributed by atoms with E-state index < -0.39 is 66.2 Å². The zero-order valence-corrected chi connectivity index (χ0v) is 27.0. The number of aliphatic carboxylic acids is 1. The predicted octanol–water partition coefficient (Wildman–Crippen LogP) is -1.38. The summed E-state index contributed by atoms with van der Waals surface area (Å²) >= 11 is 0. The Morgan fingerprint density at radius 1 is 0.755 bits per heavy atom. The van der Waals surface area contributed by atoms with Gasteiger partial charge in [0.05, 0.1) is 24.7 Å². The highest BCUT2D eigenvalue weighted by Gasteiger charge is 2.31. The van der Waals surface area contributed by atoms with Crippen LogP contribution < -0.4 is 32.7 Å². The topological polar surface area (TPSA) is 280 Å². The van der Waals surface area contributed by atoms with Crippen LogP contribution in [0.3, 0.4) is 0 Å². The molecule has 0 saturated heterocycles. The number of imidazole rings is 2. The lowest BCUT2D eigenvalue weighted by molar-refractivity contribution is -0.138. The van der Waals surface area contributed by atoms with E-state index in [0.717, 1.165) is 5.56 Å². The summed E-state index contributed by atoms with van der Waals surface area (Å²) in [4.78, 5) is 90.4. The van der Waals surface area contributed by atoms with Crippen LogP contribution in [-0.2, 0) is 48.0 Å². The van der Waals surface area contributed by atoms with Crippen LogP contribution in [0.25, 0.3) is 0 Å². The molecule has 4 amide bonds. The van der Waals surface area contributed by atoms with Crippen LogP contribution in [-0.4, -0.2) is 97.7 Å². The summed E-state index contributed by atoms with van der Waals surface area (Å²) in [7, 11) is 0. The second-order valence-electron chi connectivity index (χ2n) is 11.5. The van der Waals surface area contributed by atoms with E-state index in [4.69, 9.17) is 11.5 Å². The molecule has 3 aromatic rings. The van der Waals surface area contributed by atoms with E-state index in [9.17, 15) is 33.9 Å². The largest absolute Gasteiger partial charge is 0.481 e. The highest BCUT2D eigenvalue weighted by atomic mass is 16.4. The molecule has 3 rings (SSSR count). The molecule has 0 unspecified atom stereocenters. The fraction of sp³-hybridized carbons (Fsp3) is 0.438. The van der Waals surface area contributed by atoms with E-state index in [2.05, 4.69) is 41.2 Å². The van der Waals surface area contributed by atoms with Crippen LogP contribution in [0.1, 0.15) is 49.1 Å². The highest BCUT2D eigenvalue weighted by Crippen LogP contribution is 2.08. The third kappa shape index (κ3) is 13.3. The standard InChI is InChI=1S/C32H44N10O7/c33-11-5-4-8-25(30(47)39-23(17-43)13-21-15-35-18-37-21)40-31(48)26(9-10-28(44)45)41-32(49)27(14-22-16-36-19-38-22)42-29(46)24(34)12-20-6-2-1-3-7-20/h1-3,6-7,15-19,23-27H,4-5,8-14,33-34H2,(H,35,37)(H,36,38)(H,39,47)(H,40,48)(H,41,49)(H,42,46)(H,44,45)/t23-,24-,25-,26-,27-/m0/s1. The minimum absolute atomic E-state index is 0.0452. The van der Waals surface area contributed by atoms with Gasteiger partial charge in [0.1, 0.15) is 24.4 Å². The predicted molar refractivity (Wildman–Crippen MR) is 176 cm³/mol. The van der Waals surface area contributed by atoms with E-state index in [0.29, 0.717) is 37.1 Å². The van der Waals surface area contributed by atoms with Gasteiger partial charge in [-0.2, -0.15) is 0 Å². The summed E-state index contributed by atoms with van der Waals surface area (Å²) in [5.41, 5.74) is 13.7. The van der Waals surface area contributed by atoms with E-state index in [1.54, 1.807) is 0 Å². The van der Waals surface area contributed by atoms with Gasteiger partial charge < -0.3 is 52.6 Å². The first-order valence-corrected chi connectivity index (χ1v) is 15.9. The molecular formula is C32H44N10O7. The number of H-pyrrole nitrogens is 2. The average molecular weight is 681 g/mol.